The van der Waals surface area contributed by atoms with Crippen LogP contribution in [0.1, 0.15) is 47.1 Å². The van der Waals surface area contributed by atoms with Crippen LogP contribution in [0.3, 0.4) is 0 Å². The average molecular weight is 384 g/mol. The third-order valence-electron chi connectivity index (χ3n) is 3.92. The molecular formula is C20H20N2O6. The average Bonchev–Trinajstić information content (AvgIpc) is 2.65. The van der Waals surface area contributed by atoms with Crippen molar-refractivity contribution in [3.05, 3.63) is 75.3 Å². The Bertz CT molecular complexity index is 913. The summed E-state index contributed by atoms with van der Waals surface area (Å²) in [5.74, 6) is -2.49. The summed E-state index contributed by atoms with van der Waals surface area (Å²) in [6, 6.07) is 12.0. The van der Waals surface area contributed by atoms with E-state index < -0.39 is 35.0 Å². The van der Waals surface area contributed by atoms with E-state index in [9.17, 15) is 24.5 Å². The summed E-state index contributed by atoms with van der Waals surface area (Å²) in [4.78, 5) is 46.2. The number of nitrogens with one attached hydrogen (secondary N) is 1. The van der Waals surface area contributed by atoms with E-state index in [4.69, 9.17) is 4.74 Å². The maximum atomic E-state index is 12.1. The summed E-state index contributed by atoms with van der Waals surface area (Å²) in [5, 5.41) is 13.0. The fraction of sp³-hybridized carbons (Fsp3) is 0.250. The van der Waals surface area contributed by atoms with Gasteiger partial charge < -0.3 is 4.74 Å². The largest absolute Gasteiger partial charge is 0.452 e. The number of hydrogen-bond acceptors (Lipinski definition) is 6. The standard InChI is InChI=1S/C20H20N2O6/c1-20(2,3)14-10-8-13(9-11-14)18(24)21-17(23)12-28-19(25)15-6-4-5-7-16(15)22(26)27/h4-11H,12H2,1-3H3,(H,21,23,24). The van der Waals surface area contributed by atoms with Gasteiger partial charge in [0.05, 0.1) is 4.92 Å². The van der Waals surface area contributed by atoms with Crippen LogP contribution >= 0.6 is 0 Å². The van der Waals surface area contributed by atoms with E-state index in [1.807, 2.05) is 20.8 Å². The zero-order chi connectivity index (χ0) is 20.9. The van der Waals surface area contributed by atoms with Gasteiger partial charge in [-0.15, -0.1) is 0 Å². The van der Waals surface area contributed by atoms with Crippen LogP contribution in [-0.4, -0.2) is 29.3 Å². The third kappa shape index (κ3) is 5.23. The first-order valence-corrected chi connectivity index (χ1v) is 8.45. The van der Waals surface area contributed by atoms with Crippen molar-refractivity contribution in [1.82, 2.24) is 5.32 Å². The monoisotopic (exact) mass is 384 g/mol. The molecule has 1 N–H and O–H groups in total. The minimum Gasteiger partial charge on any atom is -0.452 e. The van der Waals surface area contributed by atoms with Gasteiger partial charge in [-0.25, -0.2) is 4.79 Å². The summed E-state index contributed by atoms with van der Waals surface area (Å²) >= 11 is 0. The lowest BCUT2D eigenvalue weighted by Gasteiger charge is -2.18. The number of carbonyl (C=O) groups is 3. The van der Waals surface area contributed by atoms with Crippen molar-refractivity contribution in [2.45, 2.75) is 26.2 Å². The molecule has 0 radical (unpaired) electrons. The fourth-order valence-electron chi connectivity index (χ4n) is 2.37. The quantitative estimate of drug-likeness (QED) is 0.481. The van der Waals surface area contributed by atoms with Crippen LogP contribution < -0.4 is 5.32 Å². The number of benzene rings is 2. The third-order valence-corrected chi connectivity index (χ3v) is 3.92. The molecule has 0 aliphatic heterocycles. The Hall–Kier alpha value is -3.55. The minimum atomic E-state index is -1.02. The number of ether oxygens (including phenoxy) is 1. The second kappa shape index (κ2) is 8.43. The first kappa shape index (κ1) is 20.8. The van der Waals surface area contributed by atoms with Gasteiger partial charge in [0.15, 0.2) is 6.61 Å². The molecule has 0 spiro atoms. The number of carbonyl (C=O) groups excluding carboxylic acids is 3. The Labute approximate surface area is 161 Å². The van der Waals surface area contributed by atoms with Crippen molar-refractivity contribution in [2.24, 2.45) is 0 Å². The van der Waals surface area contributed by atoms with Crippen molar-refractivity contribution in [2.75, 3.05) is 6.61 Å². The molecule has 2 aromatic rings. The number of nitro groups is 1. The van der Waals surface area contributed by atoms with E-state index in [0.717, 1.165) is 11.6 Å². The first-order chi connectivity index (χ1) is 13.1. The maximum absolute atomic E-state index is 12.1. The normalized spacial score (nSPS) is 10.8. The van der Waals surface area contributed by atoms with Crippen molar-refractivity contribution >= 4 is 23.5 Å². The van der Waals surface area contributed by atoms with Gasteiger partial charge in [-0.1, -0.05) is 45.0 Å². The van der Waals surface area contributed by atoms with Crippen molar-refractivity contribution in [1.29, 1.82) is 0 Å². The Morgan fingerprint density at radius 1 is 1.04 bits per heavy atom. The number of amides is 2. The number of rotatable bonds is 5. The molecule has 2 aromatic carbocycles. The number of nitrogens with zero attached hydrogens (tertiary/aromatic N) is 1. The zero-order valence-corrected chi connectivity index (χ0v) is 15.7. The molecule has 0 heterocycles. The first-order valence-electron chi connectivity index (χ1n) is 8.45. The molecule has 0 unspecified atom stereocenters. The lowest BCUT2D eigenvalue weighted by Crippen LogP contribution is -2.34. The molecule has 0 aliphatic carbocycles. The highest BCUT2D eigenvalue weighted by Gasteiger charge is 2.22. The van der Waals surface area contributed by atoms with E-state index >= 15 is 0 Å². The highest BCUT2D eigenvalue weighted by atomic mass is 16.6. The summed E-state index contributed by atoms with van der Waals surface area (Å²) in [6.07, 6.45) is 0. The number of nitro benzene ring substituents is 1. The number of imide groups is 1. The van der Waals surface area contributed by atoms with Gasteiger partial charge >= 0.3 is 5.97 Å². The van der Waals surface area contributed by atoms with Crippen LogP contribution in [0.25, 0.3) is 0 Å². The van der Waals surface area contributed by atoms with E-state index in [2.05, 4.69) is 5.32 Å². The summed E-state index contributed by atoms with van der Waals surface area (Å²) in [5.41, 5.74) is 0.548. The predicted molar refractivity (Wildman–Crippen MR) is 101 cm³/mol. The predicted octanol–water partition coefficient (Wildman–Crippen LogP) is 3.01. The van der Waals surface area contributed by atoms with Gasteiger partial charge in [0, 0.05) is 11.6 Å². The van der Waals surface area contributed by atoms with Crippen LogP contribution in [0.15, 0.2) is 48.5 Å². The molecule has 8 nitrogen and oxygen atoms in total. The number of hydrogen-bond donors (Lipinski definition) is 1. The van der Waals surface area contributed by atoms with Crippen LogP contribution in [-0.2, 0) is 14.9 Å². The second-order valence-corrected chi connectivity index (χ2v) is 7.06. The maximum Gasteiger partial charge on any atom is 0.345 e. The molecule has 28 heavy (non-hydrogen) atoms. The topological polar surface area (TPSA) is 116 Å². The highest BCUT2D eigenvalue weighted by molar-refractivity contribution is 6.05. The van der Waals surface area contributed by atoms with Gasteiger partial charge in [0.1, 0.15) is 5.56 Å². The van der Waals surface area contributed by atoms with Crippen LogP contribution in [0.5, 0.6) is 0 Å². The van der Waals surface area contributed by atoms with E-state index in [-0.39, 0.29) is 16.5 Å². The molecule has 146 valence electrons. The Morgan fingerprint density at radius 2 is 1.64 bits per heavy atom. The number of para-hydroxylation sites is 1. The lowest BCUT2D eigenvalue weighted by molar-refractivity contribution is -0.385. The van der Waals surface area contributed by atoms with Crippen LogP contribution in [0.4, 0.5) is 5.69 Å². The molecule has 0 bridgehead atoms. The van der Waals surface area contributed by atoms with Crippen LogP contribution in [0.2, 0.25) is 0 Å². The minimum absolute atomic E-state index is 0.0704. The molecule has 0 aromatic heterocycles. The fourth-order valence-corrected chi connectivity index (χ4v) is 2.37. The lowest BCUT2D eigenvalue weighted by atomic mass is 9.87. The SMILES string of the molecule is CC(C)(C)c1ccc(C(=O)NC(=O)COC(=O)c2ccccc2[N+](=O)[O-])cc1. The second-order valence-electron chi connectivity index (χ2n) is 7.06. The molecule has 2 rings (SSSR count). The molecule has 0 saturated heterocycles. The van der Waals surface area contributed by atoms with Gasteiger partial charge in [-0.2, -0.15) is 0 Å². The molecule has 0 saturated carbocycles. The summed E-state index contributed by atoms with van der Waals surface area (Å²) < 4.78 is 4.77. The van der Waals surface area contributed by atoms with Gasteiger partial charge in [-0.3, -0.25) is 25.0 Å². The van der Waals surface area contributed by atoms with E-state index in [1.165, 1.54) is 18.2 Å². The van der Waals surface area contributed by atoms with Crippen molar-refractivity contribution < 1.29 is 24.0 Å². The zero-order valence-electron chi connectivity index (χ0n) is 15.7. The van der Waals surface area contributed by atoms with E-state index in [0.29, 0.717) is 0 Å². The molecular weight excluding hydrogens is 364 g/mol. The van der Waals surface area contributed by atoms with Gasteiger partial charge in [0.2, 0.25) is 0 Å². The van der Waals surface area contributed by atoms with Gasteiger partial charge in [-0.05, 0) is 29.2 Å². The molecule has 8 heteroatoms. The molecule has 0 aliphatic rings. The molecule has 0 atom stereocenters. The van der Waals surface area contributed by atoms with E-state index in [1.54, 1.807) is 24.3 Å². The van der Waals surface area contributed by atoms with Gasteiger partial charge in [0.25, 0.3) is 17.5 Å². The number of esters is 1. The molecule has 0 fully saturated rings. The highest BCUT2D eigenvalue weighted by Crippen LogP contribution is 2.22. The Kier molecular flexibility index (Phi) is 6.25. The summed E-state index contributed by atoms with van der Waals surface area (Å²) in [6.45, 7) is 5.38. The van der Waals surface area contributed by atoms with Crippen LogP contribution in [0, 0.1) is 10.1 Å². The van der Waals surface area contributed by atoms with Crippen molar-refractivity contribution in [3.63, 3.8) is 0 Å². The smallest absolute Gasteiger partial charge is 0.345 e. The Morgan fingerprint density at radius 3 is 2.21 bits per heavy atom. The van der Waals surface area contributed by atoms with Crippen molar-refractivity contribution in [3.8, 4) is 0 Å². The summed E-state index contributed by atoms with van der Waals surface area (Å²) in [7, 11) is 0. The molecule has 2 amide bonds. The Balaban J connectivity index is 1.94.